The van der Waals surface area contributed by atoms with Gasteiger partial charge in [-0.05, 0) is 43.4 Å². The third-order valence-electron chi connectivity index (χ3n) is 4.02. The van der Waals surface area contributed by atoms with Crippen LogP contribution in [-0.2, 0) is 0 Å². The van der Waals surface area contributed by atoms with Crippen molar-refractivity contribution in [3.8, 4) is 5.75 Å². The Morgan fingerprint density at radius 3 is 2.84 bits per heavy atom. The van der Waals surface area contributed by atoms with Gasteiger partial charge in [-0.1, -0.05) is 29.3 Å². The van der Waals surface area contributed by atoms with Crippen molar-refractivity contribution < 1.29 is 10.2 Å². The van der Waals surface area contributed by atoms with Gasteiger partial charge in [0.25, 0.3) is 0 Å². The molecule has 1 aromatic rings. The first kappa shape index (κ1) is 14.8. The quantitative estimate of drug-likeness (QED) is 0.777. The highest BCUT2D eigenvalue weighted by molar-refractivity contribution is 9.10. The lowest BCUT2D eigenvalue weighted by molar-refractivity contribution is 0.129. The van der Waals surface area contributed by atoms with E-state index in [1.165, 1.54) is 0 Å². The van der Waals surface area contributed by atoms with Crippen molar-refractivity contribution in [3.63, 3.8) is 0 Å². The standard InChI is InChI=1S/C15H22BrNO2/c1-2-13(12-8-11(16)6-7-15(12)19)17-9-10-4-3-5-14(10)18/h6-8,10,13-14,17-19H,2-5,9H2,1H3. The highest BCUT2D eigenvalue weighted by Gasteiger charge is 2.26. The predicted octanol–water partition coefficient (Wildman–Crippen LogP) is 3.36. The molecule has 106 valence electrons. The number of phenols is 1. The van der Waals surface area contributed by atoms with Gasteiger partial charge in [-0.15, -0.1) is 0 Å². The van der Waals surface area contributed by atoms with E-state index >= 15 is 0 Å². The van der Waals surface area contributed by atoms with Crippen LogP contribution in [0.1, 0.15) is 44.2 Å². The molecule has 0 heterocycles. The Labute approximate surface area is 123 Å². The van der Waals surface area contributed by atoms with Crippen LogP contribution in [0.25, 0.3) is 0 Å². The summed E-state index contributed by atoms with van der Waals surface area (Å²) in [6.07, 6.45) is 3.88. The second kappa shape index (κ2) is 6.73. The zero-order valence-electron chi connectivity index (χ0n) is 11.3. The van der Waals surface area contributed by atoms with Gasteiger partial charge in [-0.2, -0.15) is 0 Å². The number of hydrogen-bond acceptors (Lipinski definition) is 3. The van der Waals surface area contributed by atoms with Gasteiger partial charge in [0.2, 0.25) is 0 Å². The molecule has 1 aliphatic carbocycles. The lowest BCUT2D eigenvalue weighted by atomic mass is 10.0. The molecule has 3 nitrogen and oxygen atoms in total. The van der Waals surface area contributed by atoms with Gasteiger partial charge in [-0.3, -0.25) is 0 Å². The molecule has 0 spiro atoms. The maximum absolute atomic E-state index is 9.97. The van der Waals surface area contributed by atoms with Crippen molar-refractivity contribution in [3.05, 3.63) is 28.2 Å². The van der Waals surface area contributed by atoms with Crippen LogP contribution in [0.3, 0.4) is 0 Å². The average Bonchev–Trinajstić information content (AvgIpc) is 2.80. The Kier molecular flexibility index (Phi) is 5.25. The number of aliphatic hydroxyl groups is 1. The second-order valence-corrected chi connectivity index (χ2v) is 6.25. The van der Waals surface area contributed by atoms with E-state index in [2.05, 4.69) is 28.2 Å². The van der Waals surface area contributed by atoms with Gasteiger partial charge in [0.05, 0.1) is 6.10 Å². The number of hydrogen-bond donors (Lipinski definition) is 3. The Bertz CT molecular complexity index is 425. The smallest absolute Gasteiger partial charge is 0.120 e. The lowest BCUT2D eigenvalue weighted by Gasteiger charge is -2.22. The van der Waals surface area contributed by atoms with Crippen molar-refractivity contribution in [2.24, 2.45) is 5.92 Å². The maximum atomic E-state index is 9.97. The topological polar surface area (TPSA) is 52.5 Å². The molecule has 3 N–H and O–H groups in total. The van der Waals surface area contributed by atoms with Crippen LogP contribution in [-0.4, -0.2) is 22.9 Å². The van der Waals surface area contributed by atoms with Crippen LogP contribution in [0.5, 0.6) is 5.75 Å². The molecule has 0 aliphatic heterocycles. The van der Waals surface area contributed by atoms with E-state index in [1.807, 2.05) is 12.1 Å². The number of benzene rings is 1. The van der Waals surface area contributed by atoms with Crippen LogP contribution in [0, 0.1) is 5.92 Å². The fraction of sp³-hybridized carbons (Fsp3) is 0.600. The first-order valence-electron chi connectivity index (χ1n) is 7.01. The zero-order valence-corrected chi connectivity index (χ0v) is 12.9. The first-order chi connectivity index (χ1) is 9.11. The van der Waals surface area contributed by atoms with Crippen LogP contribution >= 0.6 is 15.9 Å². The van der Waals surface area contributed by atoms with Crippen LogP contribution in [0.4, 0.5) is 0 Å². The number of aliphatic hydroxyl groups excluding tert-OH is 1. The normalized spacial score (nSPS) is 24.6. The van der Waals surface area contributed by atoms with Crippen molar-refractivity contribution >= 4 is 15.9 Å². The van der Waals surface area contributed by atoms with Crippen LogP contribution in [0.2, 0.25) is 0 Å². The molecule has 2 rings (SSSR count). The van der Waals surface area contributed by atoms with Crippen LogP contribution < -0.4 is 5.32 Å². The van der Waals surface area contributed by atoms with E-state index in [9.17, 15) is 10.2 Å². The average molecular weight is 328 g/mol. The van der Waals surface area contributed by atoms with Gasteiger partial charge in [0.1, 0.15) is 5.75 Å². The second-order valence-electron chi connectivity index (χ2n) is 5.33. The third-order valence-corrected chi connectivity index (χ3v) is 4.51. The molecule has 1 fully saturated rings. The third kappa shape index (κ3) is 3.71. The van der Waals surface area contributed by atoms with E-state index in [0.29, 0.717) is 11.7 Å². The fourth-order valence-electron chi connectivity index (χ4n) is 2.83. The van der Waals surface area contributed by atoms with Gasteiger partial charge in [0.15, 0.2) is 0 Å². The van der Waals surface area contributed by atoms with Crippen molar-refractivity contribution in [2.45, 2.75) is 44.8 Å². The summed E-state index contributed by atoms with van der Waals surface area (Å²) >= 11 is 3.44. The van der Waals surface area contributed by atoms with E-state index in [0.717, 1.165) is 42.3 Å². The molecule has 3 unspecified atom stereocenters. The molecular formula is C15H22BrNO2. The summed E-state index contributed by atoms with van der Waals surface area (Å²) in [6.45, 7) is 2.91. The van der Waals surface area contributed by atoms with E-state index in [1.54, 1.807) is 6.07 Å². The molecule has 1 saturated carbocycles. The molecule has 4 heteroatoms. The molecule has 0 amide bonds. The molecule has 3 atom stereocenters. The van der Waals surface area contributed by atoms with Crippen molar-refractivity contribution in [2.75, 3.05) is 6.54 Å². The van der Waals surface area contributed by atoms with Crippen molar-refractivity contribution in [1.82, 2.24) is 5.32 Å². The lowest BCUT2D eigenvalue weighted by Crippen LogP contribution is -2.30. The molecular weight excluding hydrogens is 306 g/mol. The van der Waals surface area contributed by atoms with E-state index in [4.69, 9.17) is 0 Å². The van der Waals surface area contributed by atoms with Crippen LogP contribution in [0.15, 0.2) is 22.7 Å². The Morgan fingerprint density at radius 2 is 2.21 bits per heavy atom. The molecule has 0 saturated heterocycles. The van der Waals surface area contributed by atoms with E-state index < -0.39 is 0 Å². The zero-order chi connectivity index (χ0) is 13.8. The molecule has 1 aromatic carbocycles. The summed E-state index contributed by atoms with van der Waals surface area (Å²) in [4.78, 5) is 0. The number of phenolic OH excluding ortho intramolecular Hbond substituents is 1. The summed E-state index contributed by atoms with van der Waals surface area (Å²) < 4.78 is 0.974. The van der Waals surface area contributed by atoms with E-state index in [-0.39, 0.29) is 12.1 Å². The minimum absolute atomic E-state index is 0.130. The Morgan fingerprint density at radius 1 is 1.42 bits per heavy atom. The maximum Gasteiger partial charge on any atom is 0.120 e. The fourth-order valence-corrected chi connectivity index (χ4v) is 3.21. The summed E-state index contributed by atoms with van der Waals surface area (Å²) in [7, 11) is 0. The summed E-state index contributed by atoms with van der Waals surface area (Å²) in [5.74, 6) is 0.679. The van der Waals surface area contributed by atoms with Gasteiger partial charge >= 0.3 is 0 Å². The Balaban J connectivity index is 2.01. The minimum Gasteiger partial charge on any atom is -0.508 e. The van der Waals surface area contributed by atoms with Gasteiger partial charge in [0, 0.05) is 22.6 Å². The predicted molar refractivity (Wildman–Crippen MR) is 80.2 cm³/mol. The molecule has 0 bridgehead atoms. The highest BCUT2D eigenvalue weighted by atomic mass is 79.9. The minimum atomic E-state index is -0.166. The molecule has 0 aromatic heterocycles. The monoisotopic (exact) mass is 327 g/mol. The Hall–Kier alpha value is -0.580. The summed E-state index contributed by atoms with van der Waals surface area (Å²) in [5.41, 5.74) is 0.921. The number of rotatable bonds is 5. The van der Waals surface area contributed by atoms with Gasteiger partial charge in [-0.25, -0.2) is 0 Å². The SMILES string of the molecule is CCC(NCC1CCCC1O)c1cc(Br)ccc1O. The first-order valence-corrected chi connectivity index (χ1v) is 7.81. The summed E-state index contributed by atoms with van der Waals surface area (Å²) in [6, 6.07) is 5.65. The summed E-state index contributed by atoms with van der Waals surface area (Å²) in [5, 5.41) is 23.3. The largest absolute Gasteiger partial charge is 0.508 e. The van der Waals surface area contributed by atoms with Gasteiger partial charge < -0.3 is 15.5 Å². The molecule has 1 aliphatic rings. The number of nitrogens with one attached hydrogen (secondary N) is 1. The number of halogens is 1. The number of aromatic hydroxyl groups is 1. The highest BCUT2D eigenvalue weighted by Crippen LogP contribution is 2.31. The molecule has 0 radical (unpaired) electrons. The molecule has 19 heavy (non-hydrogen) atoms. The van der Waals surface area contributed by atoms with Crippen molar-refractivity contribution in [1.29, 1.82) is 0 Å².